The Labute approximate surface area is 150 Å². The molecular formula is C16H22N2O8. The van der Waals surface area contributed by atoms with Crippen LogP contribution in [0.15, 0.2) is 12.1 Å². The van der Waals surface area contributed by atoms with Gasteiger partial charge in [0.1, 0.15) is 17.1 Å². The summed E-state index contributed by atoms with van der Waals surface area (Å²) in [6.07, 6.45) is 0. The van der Waals surface area contributed by atoms with Crippen LogP contribution >= 0.6 is 0 Å². The highest BCUT2D eigenvalue weighted by molar-refractivity contribution is 6.03. The molecule has 0 aliphatic heterocycles. The van der Waals surface area contributed by atoms with Crippen LogP contribution in [0.5, 0.6) is 11.5 Å². The van der Waals surface area contributed by atoms with E-state index in [9.17, 15) is 19.5 Å². The van der Waals surface area contributed by atoms with Gasteiger partial charge in [0.2, 0.25) is 0 Å². The summed E-state index contributed by atoms with van der Waals surface area (Å²) in [5.74, 6) is -1.79. The zero-order chi connectivity index (χ0) is 19.9. The minimum atomic E-state index is -2.15. The highest BCUT2D eigenvalue weighted by Crippen LogP contribution is 2.33. The maximum atomic E-state index is 12.2. The molecule has 0 fully saturated rings. The van der Waals surface area contributed by atoms with Crippen molar-refractivity contribution in [3.63, 3.8) is 0 Å². The second kappa shape index (κ2) is 8.90. The lowest BCUT2D eigenvalue weighted by molar-refractivity contribution is -0.155. The summed E-state index contributed by atoms with van der Waals surface area (Å²) >= 11 is 0. The second-order valence-electron chi connectivity index (χ2n) is 5.36. The average molecular weight is 370 g/mol. The number of nitrogens with one attached hydrogen (secondary N) is 2. The van der Waals surface area contributed by atoms with E-state index in [1.165, 1.54) is 26.4 Å². The van der Waals surface area contributed by atoms with Gasteiger partial charge in [-0.05, 0) is 13.8 Å². The van der Waals surface area contributed by atoms with Crippen molar-refractivity contribution in [3.8, 4) is 11.5 Å². The molecule has 0 saturated carbocycles. The molecule has 2 amide bonds. The smallest absolute Gasteiger partial charge is 0.344 e. The Morgan fingerprint density at radius 3 is 2.35 bits per heavy atom. The fraction of sp³-hybridized carbons (Fsp3) is 0.438. The standard InChI is InChI=1S/C16H22N2O8/c1-5-26-13(19)12-10(6-9(24-3)7-11(12)25-4)18-15(22)17-8-16(2,23)14(20)21/h6-7,23H,5,8H2,1-4H3,(H,20,21)(H2,17,18,22). The first kappa shape index (κ1) is 21.0. The molecule has 0 heterocycles. The van der Waals surface area contributed by atoms with Crippen LogP contribution in [0.25, 0.3) is 0 Å². The van der Waals surface area contributed by atoms with Crippen molar-refractivity contribution in [2.75, 3.05) is 32.7 Å². The number of ether oxygens (including phenoxy) is 3. The van der Waals surface area contributed by atoms with Gasteiger partial charge in [0.15, 0.2) is 5.60 Å². The summed E-state index contributed by atoms with van der Waals surface area (Å²) in [7, 11) is 2.73. The molecule has 0 aliphatic carbocycles. The number of carbonyl (C=O) groups excluding carboxylic acids is 2. The number of benzene rings is 1. The molecule has 0 aliphatic rings. The van der Waals surface area contributed by atoms with Crippen molar-refractivity contribution < 1.29 is 38.8 Å². The first-order valence-corrected chi connectivity index (χ1v) is 7.60. The molecule has 0 aromatic heterocycles. The minimum Gasteiger partial charge on any atom is -0.497 e. The Morgan fingerprint density at radius 2 is 1.85 bits per heavy atom. The van der Waals surface area contributed by atoms with Gasteiger partial charge < -0.3 is 35.1 Å². The molecule has 0 bridgehead atoms. The molecule has 10 nitrogen and oxygen atoms in total. The molecular weight excluding hydrogens is 348 g/mol. The number of hydrogen-bond acceptors (Lipinski definition) is 7. The van der Waals surface area contributed by atoms with Crippen LogP contribution in [0.4, 0.5) is 10.5 Å². The van der Waals surface area contributed by atoms with E-state index >= 15 is 0 Å². The fourth-order valence-corrected chi connectivity index (χ4v) is 1.88. The molecule has 0 saturated heterocycles. The van der Waals surface area contributed by atoms with Crippen LogP contribution < -0.4 is 20.1 Å². The Balaban J connectivity index is 3.11. The first-order chi connectivity index (χ1) is 12.2. The average Bonchev–Trinajstić information content (AvgIpc) is 2.59. The maximum Gasteiger partial charge on any atom is 0.344 e. The number of anilines is 1. The predicted octanol–water partition coefficient (Wildman–Crippen LogP) is 0.838. The Hall–Kier alpha value is -3.01. The van der Waals surface area contributed by atoms with Gasteiger partial charge in [0.05, 0.1) is 33.1 Å². The largest absolute Gasteiger partial charge is 0.497 e. The van der Waals surface area contributed by atoms with Gasteiger partial charge in [-0.1, -0.05) is 0 Å². The number of methoxy groups -OCH3 is 2. The molecule has 0 spiro atoms. The van der Waals surface area contributed by atoms with Gasteiger partial charge in [0.25, 0.3) is 0 Å². The SMILES string of the molecule is CCOC(=O)c1c(NC(=O)NCC(C)(O)C(=O)O)cc(OC)cc1OC. The summed E-state index contributed by atoms with van der Waals surface area (Å²) in [6.45, 7) is 2.22. The monoisotopic (exact) mass is 370 g/mol. The van der Waals surface area contributed by atoms with E-state index in [2.05, 4.69) is 10.6 Å². The van der Waals surface area contributed by atoms with E-state index in [1.807, 2.05) is 0 Å². The number of urea groups is 1. The van der Waals surface area contributed by atoms with E-state index in [-0.39, 0.29) is 23.6 Å². The number of rotatable bonds is 8. The van der Waals surface area contributed by atoms with Crippen molar-refractivity contribution in [2.24, 2.45) is 0 Å². The molecule has 1 unspecified atom stereocenters. The van der Waals surface area contributed by atoms with Gasteiger partial charge in [0, 0.05) is 12.1 Å². The lowest BCUT2D eigenvalue weighted by Crippen LogP contribution is -2.47. The molecule has 10 heteroatoms. The van der Waals surface area contributed by atoms with E-state index in [1.54, 1.807) is 6.92 Å². The molecule has 144 valence electrons. The van der Waals surface area contributed by atoms with Crippen molar-refractivity contribution in [1.29, 1.82) is 0 Å². The van der Waals surface area contributed by atoms with Gasteiger partial charge in [-0.3, -0.25) is 0 Å². The number of carboxylic acid groups (broad SMARTS) is 1. The lowest BCUT2D eigenvalue weighted by Gasteiger charge is -2.19. The first-order valence-electron chi connectivity index (χ1n) is 7.60. The van der Waals surface area contributed by atoms with E-state index in [4.69, 9.17) is 19.3 Å². The highest BCUT2D eigenvalue weighted by atomic mass is 16.5. The van der Waals surface area contributed by atoms with Crippen LogP contribution in [0.2, 0.25) is 0 Å². The fourth-order valence-electron chi connectivity index (χ4n) is 1.88. The van der Waals surface area contributed by atoms with Gasteiger partial charge in [-0.2, -0.15) is 0 Å². The molecule has 4 N–H and O–H groups in total. The number of amides is 2. The summed E-state index contributed by atoms with van der Waals surface area (Å²) in [5, 5.41) is 23.1. The number of aliphatic hydroxyl groups is 1. The van der Waals surface area contributed by atoms with Gasteiger partial charge in [-0.25, -0.2) is 14.4 Å². The Kier molecular flexibility index (Phi) is 7.20. The molecule has 1 atom stereocenters. The third-order valence-corrected chi connectivity index (χ3v) is 3.31. The summed E-state index contributed by atoms with van der Waals surface area (Å²) in [6, 6.07) is 1.99. The summed E-state index contributed by atoms with van der Waals surface area (Å²) < 4.78 is 15.2. The zero-order valence-electron chi connectivity index (χ0n) is 14.9. The number of carboxylic acids is 1. The maximum absolute atomic E-state index is 12.2. The van der Waals surface area contributed by atoms with Crippen LogP contribution in [-0.4, -0.2) is 61.2 Å². The Morgan fingerprint density at radius 1 is 1.19 bits per heavy atom. The lowest BCUT2D eigenvalue weighted by atomic mass is 10.1. The molecule has 1 rings (SSSR count). The summed E-state index contributed by atoms with van der Waals surface area (Å²) in [4.78, 5) is 35.1. The van der Waals surface area contributed by atoms with Crippen LogP contribution in [0.1, 0.15) is 24.2 Å². The topological polar surface area (TPSA) is 143 Å². The van der Waals surface area contributed by atoms with Gasteiger partial charge >= 0.3 is 18.0 Å². The van der Waals surface area contributed by atoms with Crippen LogP contribution in [-0.2, 0) is 9.53 Å². The van der Waals surface area contributed by atoms with Crippen LogP contribution in [0.3, 0.4) is 0 Å². The van der Waals surface area contributed by atoms with Gasteiger partial charge in [-0.15, -0.1) is 0 Å². The quantitative estimate of drug-likeness (QED) is 0.493. The number of hydrogen-bond donors (Lipinski definition) is 4. The minimum absolute atomic E-state index is 0.0321. The van der Waals surface area contributed by atoms with Crippen molar-refractivity contribution in [3.05, 3.63) is 17.7 Å². The molecule has 1 aromatic carbocycles. The molecule has 1 aromatic rings. The van der Waals surface area contributed by atoms with Crippen molar-refractivity contribution >= 4 is 23.7 Å². The third kappa shape index (κ3) is 5.24. The van der Waals surface area contributed by atoms with E-state index in [0.29, 0.717) is 5.75 Å². The zero-order valence-corrected chi connectivity index (χ0v) is 14.9. The van der Waals surface area contributed by atoms with Crippen LogP contribution in [0, 0.1) is 0 Å². The summed E-state index contributed by atoms with van der Waals surface area (Å²) in [5.41, 5.74) is -2.14. The molecule has 26 heavy (non-hydrogen) atoms. The Bertz CT molecular complexity index is 687. The van der Waals surface area contributed by atoms with E-state index in [0.717, 1.165) is 6.92 Å². The normalized spacial score (nSPS) is 12.5. The van der Waals surface area contributed by atoms with Crippen molar-refractivity contribution in [2.45, 2.75) is 19.4 Å². The third-order valence-electron chi connectivity index (χ3n) is 3.31. The van der Waals surface area contributed by atoms with E-state index < -0.39 is 30.1 Å². The highest BCUT2D eigenvalue weighted by Gasteiger charge is 2.30. The molecule has 0 radical (unpaired) electrons. The number of carbonyl (C=O) groups is 3. The number of esters is 1. The van der Waals surface area contributed by atoms with Crippen molar-refractivity contribution in [1.82, 2.24) is 5.32 Å². The number of aliphatic carboxylic acids is 1. The predicted molar refractivity (Wildman–Crippen MR) is 90.8 cm³/mol. The second-order valence-corrected chi connectivity index (χ2v) is 5.36.